The fourth-order valence-electron chi connectivity index (χ4n) is 7.12. The number of benzene rings is 8. The Kier molecular flexibility index (Phi) is 6.78. The third-order valence-electron chi connectivity index (χ3n) is 9.72. The minimum Gasteiger partial charge on any atom is -0.455 e. The zero-order valence-corrected chi connectivity index (χ0v) is 27.5. The normalized spacial score (nSPS) is 11.5. The minimum absolute atomic E-state index is 0.637. The van der Waals surface area contributed by atoms with Crippen molar-refractivity contribution in [1.29, 1.82) is 0 Å². The van der Waals surface area contributed by atoms with Gasteiger partial charge in [0.05, 0.1) is 0 Å². The molecule has 0 unspecified atom stereocenters. The fraction of sp³-hybridized carbons (Fsp3) is 0. The van der Waals surface area contributed by atoms with E-state index < -0.39 is 0 Å². The van der Waals surface area contributed by atoms with Gasteiger partial charge in [-0.2, -0.15) is 0 Å². The summed E-state index contributed by atoms with van der Waals surface area (Å²) in [6.45, 7) is 0. The van der Waals surface area contributed by atoms with Gasteiger partial charge in [-0.3, -0.25) is 0 Å². The van der Waals surface area contributed by atoms with Gasteiger partial charge in [-0.1, -0.05) is 152 Å². The third-order valence-corrected chi connectivity index (χ3v) is 9.72. The van der Waals surface area contributed by atoms with Gasteiger partial charge in [0.1, 0.15) is 11.2 Å². The van der Waals surface area contributed by atoms with Crippen LogP contribution in [0.25, 0.3) is 99.9 Å². The van der Waals surface area contributed by atoms with Crippen LogP contribution >= 0.6 is 0 Å². The summed E-state index contributed by atoms with van der Waals surface area (Å²) in [7, 11) is 0. The lowest BCUT2D eigenvalue weighted by atomic mass is 9.94. The van der Waals surface area contributed by atoms with Gasteiger partial charge in [0.2, 0.25) is 0 Å². The largest absolute Gasteiger partial charge is 0.455 e. The minimum atomic E-state index is 0.637. The smallest absolute Gasteiger partial charge is 0.164 e. The first kappa shape index (κ1) is 29.0. The highest BCUT2D eigenvalue weighted by molar-refractivity contribution is 6.19. The summed E-state index contributed by atoms with van der Waals surface area (Å²) in [5.41, 5.74) is 9.18. The summed E-state index contributed by atoms with van der Waals surface area (Å²) < 4.78 is 6.66. The molecule has 0 radical (unpaired) electrons. The molecule has 2 heterocycles. The van der Waals surface area contributed by atoms with E-state index in [0.717, 1.165) is 66.1 Å². The summed E-state index contributed by atoms with van der Waals surface area (Å²) in [5.74, 6) is 1.93. The van der Waals surface area contributed by atoms with Crippen molar-refractivity contribution in [2.75, 3.05) is 0 Å². The van der Waals surface area contributed by atoms with Gasteiger partial charge in [-0.05, 0) is 62.7 Å². The first-order valence-corrected chi connectivity index (χ1v) is 17.1. The molecular formula is C47H29N3O. The number of hydrogen-bond donors (Lipinski definition) is 0. The van der Waals surface area contributed by atoms with E-state index in [4.69, 9.17) is 19.4 Å². The Hall–Kier alpha value is -6.91. The average molecular weight is 652 g/mol. The molecule has 2 aromatic heterocycles. The van der Waals surface area contributed by atoms with Crippen LogP contribution in [0.5, 0.6) is 0 Å². The zero-order valence-electron chi connectivity index (χ0n) is 27.5. The van der Waals surface area contributed by atoms with Gasteiger partial charge in [-0.25, -0.2) is 15.0 Å². The average Bonchev–Trinajstić information content (AvgIpc) is 3.59. The molecule has 0 amide bonds. The second-order valence-corrected chi connectivity index (χ2v) is 12.8. The summed E-state index contributed by atoms with van der Waals surface area (Å²) >= 11 is 0. The van der Waals surface area contributed by atoms with Crippen LogP contribution in [0, 0.1) is 0 Å². The van der Waals surface area contributed by atoms with E-state index in [1.807, 2.05) is 60.7 Å². The lowest BCUT2D eigenvalue weighted by Crippen LogP contribution is -2.00. The number of aromatic nitrogens is 3. The Morgan fingerprint density at radius 3 is 1.51 bits per heavy atom. The highest BCUT2D eigenvalue weighted by Crippen LogP contribution is 2.41. The predicted molar refractivity (Wildman–Crippen MR) is 209 cm³/mol. The molecule has 4 nitrogen and oxygen atoms in total. The maximum Gasteiger partial charge on any atom is 0.164 e. The maximum absolute atomic E-state index is 6.66. The highest BCUT2D eigenvalue weighted by Gasteiger charge is 2.17. The highest BCUT2D eigenvalue weighted by atomic mass is 16.3. The van der Waals surface area contributed by atoms with Crippen molar-refractivity contribution in [2.45, 2.75) is 0 Å². The van der Waals surface area contributed by atoms with Crippen LogP contribution < -0.4 is 0 Å². The van der Waals surface area contributed by atoms with Crippen molar-refractivity contribution < 1.29 is 4.42 Å². The van der Waals surface area contributed by atoms with Gasteiger partial charge in [-0.15, -0.1) is 0 Å². The van der Waals surface area contributed by atoms with E-state index in [1.165, 1.54) is 16.3 Å². The molecule has 238 valence electrons. The molecule has 0 aliphatic carbocycles. The Morgan fingerprint density at radius 1 is 0.314 bits per heavy atom. The van der Waals surface area contributed by atoms with Crippen molar-refractivity contribution in [3.05, 3.63) is 176 Å². The van der Waals surface area contributed by atoms with E-state index in [0.29, 0.717) is 17.5 Å². The van der Waals surface area contributed by atoms with Gasteiger partial charge in [0, 0.05) is 32.8 Å². The number of hydrogen-bond acceptors (Lipinski definition) is 4. The van der Waals surface area contributed by atoms with E-state index >= 15 is 0 Å². The van der Waals surface area contributed by atoms with Gasteiger partial charge >= 0.3 is 0 Å². The van der Waals surface area contributed by atoms with Crippen LogP contribution in [0.3, 0.4) is 0 Å². The lowest BCUT2D eigenvalue weighted by molar-refractivity contribution is 0.673. The fourth-order valence-corrected chi connectivity index (χ4v) is 7.12. The van der Waals surface area contributed by atoms with E-state index in [-0.39, 0.29) is 0 Å². The molecule has 51 heavy (non-hydrogen) atoms. The molecule has 0 saturated carbocycles. The van der Waals surface area contributed by atoms with Crippen molar-refractivity contribution >= 4 is 43.5 Å². The summed E-state index contributed by atoms with van der Waals surface area (Å²) in [5, 5.41) is 6.90. The Balaban J connectivity index is 1.08. The van der Waals surface area contributed by atoms with Crippen LogP contribution in [0.1, 0.15) is 0 Å². The van der Waals surface area contributed by atoms with Crippen LogP contribution in [-0.2, 0) is 0 Å². The van der Waals surface area contributed by atoms with Crippen LogP contribution in [0.4, 0.5) is 0 Å². The molecule has 0 fully saturated rings. The molecule has 0 atom stereocenters. The molecule has 0 N–H and O–H groups in total. The summed E-state index contributed by atoms with van der Waals surface area (Å²) in [6.07, 6.45) is 0. The van der Waals surface area contributed by atoms with Crippen molar-refractivity contribution in [1.82, 2.24) is 15.0 Å². The van der Waals surface area contributed by atoms with Crippen LogP contribution in [0.2, 0.25) is 0 Å². The standard InChI is InChI=1S/C47H29N3O/c1-3-12-32(13-4-1)45-48-46(33-14-5-2-6-15-33)50-47(49-45)34-22-20-31(21-23-34)41-29-42-39-26-25-37(36-24-19-30-11-7-8-16-35(30)27-36)28-43(39)51-44(42)40-18-10-9-17-38(40)41/h1-29H. The molecule has 0 saturated heterocycles. The molecule has 8 aromatic carbocycles. The molecule has 10 rings (SSSR count). The SMILES string of the molecule is c1ccc(-c2nc(-c3ccccc3)nc(-c3ccc(-c4cc5c6ccc(-c7ccc8ccccc8c7)cc6oc5c5ccccc45)cc3)n2)cc1. The first-order valence-electron chi connectivity index (χ1n) is 17.1. The molecule has 4 heteroatoms. The van der Waals surface area contributed by atoms with Crippen molar-refractivity contribution in [3.63, 3.8) is 0 Å². The van der Waals surface area contributed by atoms with E-state index in [2.05, 4.69) is 115 Å². The molecule has 0 spiro atoms. The van der Waals surface area contributed by atoms with Gasteiger partial charge in [0.25, 0.3) is 0 Å². The number of fused-ring (bicyclic) bond motifs is 6. The Labute approximate surface area is 294 Å². The van der Waals surface area contributed by atoms with Crippen LogP contribution in [0.15, 0.2) is 180 Å². The second-order valence-electron chi connectivity index (χ2n) is 12.8. The quantitative estimate of drug-likeness (QED) is 0.186. The Bertz CT molecular complexity index is 2840. The van der Waals surface area contributed by atoms with Crippen LogP contribution in [-0.4, -0.2) is 15.0 Å². The number of nitrogens with zero attached hydrogens (tertiary/aromatic N) is 3. The van der Waals surface area contributed by atoms with E-state index in [1.54, 1.807) is 0 Å². The predicted octanol–water partition coefficient (Wildman–Crippen LogP) is 12.4. The summed E-state index contributed by atoms with van der Waals surface area (Å²) in [6, 6.07) is 61.1. The first-order chi connectivity index (χ1) is 25.2. The second kappa shape index (κ2) is 11.9. The molecular weight excluding hydrogens is 623 g/mol. The van der Waals surface area contributed by atoms with E-state index in [9.17, 15) is 0 Å². The number of furan rings is 1. The zero-order chi connectivity index (χ0) is 33.7. The van der Waals surface area contributed by atoms with Crippen molar-refractivity contribution in [3.8, 4) is 56.4 Å². The summed E-state index contributed by atoms with van der Waals surface area (Å²) in [4.78, 5) is 14.7. The van der Waals surface area contributed by atoms with Crippen molar-refractivity contribution in [2.24, 2.45) is 0 Å². The third kappa shape index (κ3) is 5.13. The van der Waals surface area contributed by atoms with Gasteiger partial charge in [0.15, 0.2) is 17.5 Å². The number of rotatable bonds is 5. The maximum atomic E-state index is 6.66. The molecule has 0 aliphatic heterocycles. The monoisotopic (exact) mass is 651 g/mol. The lowest BCUT2D eigenvalue weighted by Gasteiger charge is -2.11. The molecule has 0 bridgehead atoms. The molecule has 0 aliphatic rings. The Morgan fingerprint density at radius 2 is 0.824 bits per heavy atom. The molecule has 10 aromatic rings. The topological polar surface area (TPSA) is 51.8 Å². The van der Waals surface area contributed by atoms with Gasteiger partial charge < -0.3 is 4.42 Å².